The van der Waals surface area contributed by atoms with Gasteiger partial charge in [0.15, 0.2) is 11.6 Å². The minimum absolute atomic E-state index is 0.185. The molecule has 0 heterocycles. The van der Waals surface area contributed by atoms with Gasteiger partial charge in [-0.15, -0.1) is 0 Å². The molecule has 1 rings (SSSR count). The van der Waals surface area contributed by atoms with Gasteiger partial charge in [-0.2, -0.15) is 0 Å². The summed E-state index contributed by atoms with van der Waals surface area (Å²) >= 11 is 0. The molecule has 0 bridgehead atoms. The molecule has 0 aliphatic rings. The summed E-state index contributed by atoms with van der Waals surface area (Å²) in [5.74, 6) is -0.276. The van der Waals surface area contributed by atoms with Crippen molar-refractivity contribution in [2.24, 2.45) is 0 Å². The quantitative estimate of drug-likeness (QED) is 0.503. The second kappa shape index (κ2) is 7.25. The molecule has 0 saturated carbocycles. The first-order valence-corrected chi connectivity index (χ1v) is 4.98. The largest absolute Gasteiger partial charge is 0.488 e. The smallest absolute Gasteiger partial charge is 0.164 e. The van der Waals surface area contributed by atoms with Crippen LogP contribution in [0.3, 0.4) is 0 Å². The first-order valence-electron chi connectivity index (χ1n) is 4.98. The Balaban J connectivity index is 2.21. The molecule has 3 nitrogen and oxygen atoms in total. The standard InChI is InChI=1S/C11H14BFO3/c1-14-4-5-15-6-7-16-11-3-2-9(12)8-10(11)13/h2-3,8H,4-7H2,1H3. The second-order valence-corrected chi connectivity index (χ2v) is 3.14. The van der Waals surface area contributed by atoms with Crippen LogP contribution >= 0.6 is 0 Å². The highest BCUT2D eigenvalue weighted by Crippen LogP contribution is 2.13. The van der Waals surface area contributed by atoms with Crippen LogP contribution in [0.1, 0.15) is 0 Å². The average Bonchev–Trinajstić information content (AvgIpc) is 2.26. The van der Waals surface area contributed by atoms with E-state index < -0.39 is 5.82 Å². The molecule has 1 aromatic rings. The number of rotatable bonds is 7. The van der Waals surface area contributed by atoms with Crippen LogP contribution in [0.2, 0.25) is 0 Å². The van der Waals surface area contributed by atoms with Crippen LogP contribution in [0, 0.1) is 5.82 Å². The Bertz CT molecular complexity index is 320. The monoisotopic (exact) mass is 224 g/mol. The Kier molecular flexibility index (Phi) is 5.89. The van der Waals surface area contributed by atoms with E-state index in [9.17, 15) is 4.39 Å². The van der Waals surface area contributed by atoms with Crippen LogP contribution in [-0.4, -0.2) is 41.4 Å². The number of halogens is 1. The van der Waals surface area contributed by atoms with Gasteiger partial charge in [0.2, 0.25) is 0 Å². The van der Waals surface area contributed by atoms with Gasteiger partial charge in [0.05, 0.1) is 19.8 Å². The third-order valence-electron chi connectivity index (χ3n) is 1.87. The molecular formula is C11H14BFO3. The molecule has 0 spiro atoms. The Morgan fingerprint density at radius 3 is 2.62 bits per heavy atom. The summed E-state index contributed by atoms with van der Waals surface area (Å²) < 4.78 is 28.4. The molecule has 0 atom stereocenters. The fourth-order valence-electron chi connectivity index (χ4n) is 1.09. The van der Waals surface area contributed by atoms with Gasteiger partial charge in [0.25, 0.3) is 0 Å². The maximum Gasteiger partial charge on any atom is 0.164 e. The lowest BCUT2D eigenvalue weighted by Gasteiger charge is -2.08. The van der Waals surface area contributed by atoms with E-state index in [1.165, 1.54) is 12.1 Å². The second-order valence-electron chi connectivity index (χ2n) is 3.14. The lowest BCUT2D eigenvalue weighted by atomic mass is 9.96. The molecule has 86 valence electrons. The van der Waals surface area contributed by atoms with E-state index in [1.807, 2.05) is 0 Å². The van der Waals surface area contributed by atoms with Crippen LogP contribution in [0.4, 0.5) is 4.39 Å². The highest BCUT2D eigenvalue weighted by Gasteiger charge is 2.02. The SMILES string of the molecule is [B]c1ccc(OCCOCCOC)c(F)c1. The first kappa shape index (κ1) is 13.0. The van der Waals surface area contributed by atoms with Crippen molar-refractivity contribution in [3.05, 3.63) is 24.0 Å². The molecule has 1 aromatic carbocycles. The number of methoxy groups -OCH3 is 1. The van der Waals surface area contributed by atoms with E-state index in [4.69, 9.17) is 22.1 Å². The molecule has 0 aromatic heterocycles. The van der Waals surface area contributed by atoms with Gasteiger partial charge in [-0.3, -0.25) is 0 Å². The minimum Gasteiger partial charge on any atom is -0.488 e. The summed E-state index contributed by atoms with van der Waals surface area (Å²) in [5.41, 5.74) is 0.376. The van der Waals surface area contributed by atoms with Crippen molar-refractivity contribution in [2.45, 2.75) is 0 Å². The van der Waals surface area contributed by atoms with Gasteiger partial charge < -0.3 is 14.2 Å². The predicted molar refractivity (Wildman–Crippen MR) is 60.0 cm³/mol. The van der Waals surface area contributed by atoms with Crippen LogP contribution in [0.25, 0.3) is 0 Å². The fraction of sp³-hybridized carbons (Fsp3) is 0.455. The van der Waals surface area contributed by atoms with Gasteiger partial charge in [0, 0.05) is 7.11 Å². The van der Waals surface area contributed by atoms with Crippen LogP contribution in [-0.2, 0) is 9.47 Å². The Morgan fingerprint density at radius 2 is 1.94 bits per heavy atom. The normalized spacial score (nSPS) is 10.4. The highest BCUT2D eigenvalue weighted by molar-refractivity contribution is 6.32. The van der Waals surface area contributed by atoms with E-state index in [0.717, 1.165) is 0 Å². The molecule has 0 fully saturated rings. The van der Waals surface area contributed by atoms with Crippen LogP contribution in [0.5, 0.6) is 5.75 Å². The zero-order valence-electron chi connectivity index (χ0n) is 9.24. The maximum absolute atomic E-state index is 13.2. The van der Waals surface area contributed by atoms with Crippen molar-refractivity contribution >= 4 is 13.3 Å². The lowest BCUT2D eigenvalue weighted by molar-refractivity contribution is 0.0538. The summed E-state index contributed by atoms with van der Waals surface area (Å²) in [6.45, 7) is 1.73. The summed E-state index contributed by atoms with van der Waals surface area (Å²) in [4.78, 5) is 0. The first-order chi connectivity index (χ1) is 7.74. The zero-order valence-corrected chi connectivity index (χ0v) is 9.24. The maximum atomic E-state index is 13.2. The van der Waals surface area contributed by atoms with Gasteiger partial charge in [-0.1, -0.05) is 11.5 Å². The Hall–Kier alpha value is -1.07. The number of ether oxygens (including phenoxy) is 3. The van der Waals surface area contributed by atoms with E-state index in [1.54, 1.807) is 13.2 Å². The predicted octanol–water partition coefficient (Wildman–Crippen LogP) is 0.661. The summed E-state index contributed by atoms with van der Waals surface area (Å²) in [6, 6.07) is 4.31. The molecule has 0 saturated heterocycles. The molecule has 0 N–H and O–H groups in total. The highest BCUT2D eigenvalue weighted by atomic mass is 19.1. The number of benzene rings is 1. The van der Waals surface area contributed by atoms with Crippen molar-refractivity contribution in [1.82, 2.24) is 0 Å². The van der Waals surface area contributed by atoms with Gasteiger partial charge >= 0.3 is 0 Å². The molecule has 2 radical (unpaired) electrons. The third kappa shape index (κ3) is 4.64. The van der Waals surface area contributed by atoms with Crippen molar-refractivity contribution in [2.75, 3.05) is 33.5 Å². The van der Waals surface area contributed by atoms with E-state index in [0.29, 0.717) is 31.9 Å². The van der Waals surface area contributed by atoms with E-state index in [-0.39, 0.29) is 5.75 Å². The molecule has 5 heteroatoms. The van der Waals surface area contributed by atoms with Crippen molar-refractivity contribution in [3.8, 4) is 5.75 Å². The summed E-state index contributed by atoms with van der Waals surface area (Å²) in [5, 5.41) is 0. The van der Waals surface area contributed by atoms with Gasteiger partial charge in [0.1, 0.15) is 14.5 Å². The number of hydrogen-bond donors (Lipinski definition) is 0. The van der Waals surface area contributed by atoms with Crippen molar-refractivity contribution in [1.29, 1.82) is 0 Å². The third-order valence-corrected chi connectivity index (χ3v) is 1.87. The van der Waals surface area contributed by atoms with Crippen LogP contribution in [0.15, 0.2) is 18.2 Å². The number of hydrogen-bond acceptors (Lipinski definition) is 3. The summed E-state index contributed by atoms with van der Waals surface area (Å²) in [7, 11) is 7.00. The van der Waals surface area contributed by atoms with E-state index in [2.05, 4.69) is 0 Å². The molecule has 0 aliphatic heterocycles. The van der Waals surface area contributed by atoms with Gasteiger partial charge in [-0.05, 0) is 12.1 Å². The van der Waals surface area contributed by atoms with Crippen molar-refractivity contribution < 1.29 is 18.6 Å². The molecule has 16 heavy (non-hydrogen) atoms. The molecule has 0 amide bonds. The Morgan fingerprint density at radius 1 is 1.19 bits per heavy atom. The zero-order chi connectivity index (χ0) is 11.8. The minimum atomic E-state index is -0.461. The molecule has 0 unspecified atom stereocenters. The van der Waals surface area contributed by atoms with Crippen LogP contribution < -0.4 is 10.2 Å². The Labute approximate surface area is 95.9 Å². The molecule has 0 aliphatic carbocycles. The van der Waals surface area contributed by atoms with Gasteiger partial charge in [-0.25, -0.2) is 4.39 Å². The fourth-order valence-corrected chi connectivity index (χ4v) is 1.09. The lowest BCUT2D eigenvalue weighted by Crippen LogP contribution is -2.11. The van der Waals surface area contributed by atoms with E-state index >= 15 is 0 Å². The topological polar surface area (TPSA) is 27.7 Å². The average molecular weight is 224 g/mol. The molecular weight excluding hydrogens is 210 g/mol. The summed E-state index contributed by atoms with van der Waals surface area (Å²) in [6.07, 6.45) is 0. The van der Waals surface area contributed by atoms with Crippen molar-refractivity contribution in [3.63, 3.8) is 0 Å².